The van der Waals surface area contributed by atoms with Crippen LogP contribution in [0.4, 0.5) is 22.0 Å². The molecule has 0 radical (unpaired) electrons. The SMILES string of the molecule is CC1COC(C#Cc2ccc3c(F)c(C#CC(F)(F)F)c(F)cc3c2)OC1. The van der Waals surface area contributed by atoms with Crippen LogP contribution in [0.1, 0.15) is 18.1 Å². The molecule has 0 spiro atoms. The Morgan fingerprint density at radius 3 is 2.41 bits per heavy atom. The molecule has 2 aromatic rings. The van der Waals surface area contributed by atoms with Gasteiger partial charge in [0.1, 0.15) is 11.6 Å². The summed E-state index contributed by atoms with van der Waals surface area (Å²) in [7, 11) is 0. The molecule has 0 N–H and O–H groups in total. The minimum absolute atomic E-state index is 0.0487. The molecule has 1 heterocycles. The van der Waals surface area contributed by atoms with Gasteiger partial charge in [0.2, 0.25) is 6.29 Å². The van der Waals surface area contributed by atoms with E-state index in [9.17, 15) is 22.0 Å². The number of fused-ring (bicyclic) bond motifs is 1. The fourth-order valence-electron chi connectivity index (χ4n) is 2.48. The molecule has 27 heavy (non-hydrogen) atoms. The lowest BCUT2D eigenvalue weighted by Crippen LogP contribution is -2.29. The minimum atomic E-state index is -4.84. The van der Waals surface area contributed by atoms with Gasteiger partial charge in [-0.2, -0.15) is 13.2 Å². The summed E-state index contributed by atoms with van der Waals surface area (Å²) < 4.78 is 75.7. The minimum Gasteiger partial charge on any atom is -0.342 e. The fraction of sp³-hybridized carbons (Fsp3) is 0.300. The first-order chi connectivity index (χ1) is 12.7. The van der Waals surface area contributed by atoms with E-state index in [2.05, 4.69) is 11.8 Å². The van der Waals surface area contributed by atoms with Gasteiger partial charge in [-0.25, -0.2) is 8.78 Å². The summed E-state index contributed by atoms with van der Waals surface area (Å²) in [6.45, 7) is 3.02. The van der Waals surface area contributed by atoms with E-state index >= 15 is 0 Å². The molecule has 3 rings (SSSR count). The summed E-state index contributed by atoms with van der Waals surface area (Å²) in [5.41, 5.74) is -0.460. The predicted octanol–water partition coefficient (Wildman–Crippen LogP) is 4.39. The summed E-state index contributed by atoms with van der Waals surface area (Å²) in [6.07, 6.45) is -5.51. The molecular formula is C20H13F5O2. The molecule has 0 amide bonds. The van der Waals surface area contributed by atoms with Crippen molar-refractivity contribution in [2.24, 2.45) is 5.92 Å². The molecule has 0 atom stereocenters. The topological polar surface area (TPSA) is 18.5 Å². The molecule has 0 unspecified atom stereocenters. The lowest BCUT2D eigenvalue weighted by molar-refractivity contribution is -0.165. The van der Waals surface area contributed by atoms with E-state index in [1.807, 2.05) is 6.92 Å². The quantitative estimate of drug-likeness (QED) is 0.499. The molecule has 2 nitrogen and oxygen atoms in total. The number of hydrogen-bond donors (Lipinski definition) is 0. The number of hydrogen-bond acceptors (Lipinski definition) is 2. The van der Waals surface area contributed by atoms with Crippen LogP contribution in [0.3, 0.4) is 0 Å². The molecule has 7 heteroatoms. The van der Waals surface area contributed by atoms with Crippen LogP contribution in [0.5, 0.6) is 0 Å². The summed E-state index contributed by atoms with van der Waals surface area (Å²) in [5, 5.41) is 0.112. The average Bonchev–Trinajstić information content (AvgIpc) is 2.60. The van der Waals surface area contributed by atoms with Gasteiger partial charge in [0.05, 0.1) is 18.8 Å². The summed E-state index contributed by atoms with van der Waals surface area (Å²) in [6, 6.07) is 5.15. The van der Waals surface area contributed by atoms with Gasteiger partial charge in [-0.1, -0.05) is 24.8 Å². The third-order valence-electron chi connectivity index (χ3n) is 3.76. The van der Waals surface area contributed by atoms with Crippen molar-refractivity contribution in [3.8, 4) is 23.7 Å². The normalized spacial score (nSPS) is 19.8. The van der Waals surface area contributed by atoms with Crippen molar-refractivity contribution in [2.45, 2.75) is 19.4 Å². The fourth-order valence-corrected chi connectivity index (χ4v) is 2.48. The lowest BCUT2D eigenvalue weighted by Gasteiger charge is -2.23. The molecule has 0 saturated carbocycles. The zero-order valence-corrected chi connectivity index (χ0v) is 14.1. The van der Waals surface area contributed by atoms with E-state index in [-0.39, 0.29) is 16.7 Å². The highest BCUT2D eigenvalue weighted by Gasteiger charge is 2.24. The molecule has 1 saturated heterocycles. The van der Waals surface area contributed by atoms with Gasteiger partial charge in [0, 0.05) is 22.8 Å². The third kappa shape index (κ3) is 4.77. The number of benzene rings is 2. The smallest absolute Gasteiger partial charge is 0.342 e. The van der Waals surface area contributed by atoms with Crippen LogP contribution in [-0.4, -0.2) is 25.7 Å². The van der Waals surface area contributed by atoms with Gasteiger partial charge in [-0.15, -0.1) is 0 Å². The van der Waals surface area contributed by atoms with Gasteiger partial charge < -0.3 is 9.47 Å². The first-order valence-corrected chi connectivity index (χ1v) is 7.99. The molecule has 2 aromatic carbocycles. The maximum Gasteiger partial charge on any atom is 0.458 e. The lowest BCUT2D eigenvalue weighted by atomic mass is 10.0. The van der Waals surface area contributed by atoms with Crippen LogP contribution in [0.2, 0.25) is 0 Å². The van der Waals surface area contributed by atoms with Crippen LogP contribution < -0.4 is 0 Å². The number of alkyl halides is 3. The van der Waals surface area contributed by atoms with Crippen molar-refractivity contribution in [2.75, 3.05) is 13.2 Å². The van der Waals surface area contributed by atoms with Crippen molar-refractivity contribution >= 4 is 10.8 Å². The second-order valence-electron chi connectivity index (χ2n) is 6.10. The van der Waals surface area contributed by atoms with Crippen LogP contribution in [-0.2, 0) is 9.47 Å². The molecular weight excluding hydrogens is 367 g/mol. The Hall–Kier alpha value is -2.61. The van der Waals surface area contributed by atoms with Crippen molar-refractivity contribution in [1.29, 1.82) is 0 Å². The standard InChI is InChI=1S/C20H13F5O2/c1-12-10-26-18(27-11-12)5-3-13-2-4-15-14(8-13)9-17(21)16(19(15)22)6-7-20(23,24)25/h2,4,8-9,12,18H,10-11H2,1H3. The Morgan fingerprint density at radius 1 is 1.04 bits per heavy atom. The largest absolute Gasteiger partial charge is 0.458 e. The third-order valence-corrected chi connectivity index (χ3v) is 3.76. The van der Waals surface area contributed by atoms with Gasteiger partial charge in [-0.05, 0) is 29.5 Å². The number of rotatable bonds is 0. The Balaban J connectivity index is 1.92. The zero-order chi connectivity index (χ0) is 19.6. The summed E-state index contributed by atoms with van der Waals surface area (Å²) in [5.74, 6) is 5.92. The average molecular weight is 380 g/mol. The van der Waals surface area contributed by atoms with Crippen molar-refractivity contribution in [3.63, 3.8) is 0 Å². The van der Waals surface area contributed by atoms with Crippen molar-refractivity contribution in [1.82, 2.24) is 0 Å². The van der Waals surface area contributed by atoms with Gasteiger partial charge in [-0.3, -0.25) is 0 Å². The Labute approximate surface area is 152 Å². The van der Waals surface area contributed by atoms with Crippen LogP contribution in [0.15, 0.2) is 24.3 Å². The molecule has 0 bridgehead atoms. The molecule has 140 valence electrons. The molecule has 0 aliphatic carbocycles. The molecule has 1 aliphatic rings. The number of ether oxygens (including phenoxy) is 2. The Morgan fingerprint density at radius 2 is 1.74 bits per heavy atom. The monoisotopic (exact) mass is 380 g/mol. The van der Waals surface area contributed by atoms with Crippen molar-refractivity contribution < 1.29 is 31.4 Å². The van der Waals surface area contributed by atoms with E-state index in [0.29, 0.717) is 18.8 Å². The van der Waals surface area contributed by atoms with Gasteiger partial charge in [0.25, 0.3) is 0 Å². The van der Waals surface area contributed by atoms with Crippen LogP contribution in [0.25, 0.3) is 10.8 Å². The summed E-state index contributed by atoms with van der Waals surface area (Å²) in [4.78, 5) is 0. The Kier molecular flexibility index (Phi) is 5.36. The summed E-state index contributed by atoms with van der Waals surface area (Å²) >= 11 is 0. The second kappa shape index (κ2) is 7.56. The van der Waals surface area contributed by atoms with Crippen molar-refractivity contribution in [3.05, 3.63) is 47.0 Å². The maximum absolute atomic E-state index is 14.4. The first kappa shape index (κ1) is 19.2. The van der Waals surface area contributed by atoms with Crippen LogP contribution >= 0.6 is 0 Å². The van der Waals surface area contributed by atoms with Gasteiger partial charge >= 0.3 is 6.18 Å². The van der Waals surface area contributed by atoms with E-state index < -0.39 is 29.7 Å². The zero-order valence-electron chi connectivity index (χ0n) is 14.1. The Bertz CT molecular complexity index is 981. The van der Waals surface area contributed by atoms with Gasteiger partial charge in [0.15, 0.2) is 0 Å². The molecule has 0 aromatic heterocycles. The van der Waals surface area contributed by atoms with Crippen LogP contribution in [0, 0.1) is 41.2 Å². The van der Waals surface area contributed by atoms with E-state index in [0.717, 1.165) is 12.0 Å². The van der Waals surface area contributed by atoms with E-state index in [1.54, 1.807) is 0 Å². The molecule has 1 aliphatic heterocycles. The first-order valence-electron chi connectivity index (χ1n) is 7.99. The van der Waals surface area contributed by atoms with E-state index in [4.69, 9.17) is 9.47 Å². The highest BCUT2D eigenvalue weighted by molar-refractivity contribution is 5.86. The highest BCUT2D eigenvalue weighted by atomic mass is 19.4. The second-order valence-corrected chi connectivity index (χ2v) is 6.10. The highest BCUT2D eigenvalue weighted by Crippen LogP contribution is 2.25. The predicted molar refractivity (Wildman–Crippen MR) is 88.5 cm³/mol. The maximum atomic E-state index is 14.4. The molecule has 1 fully saturated rings. The van der Waals surface area contributed by atoms with E-state index in [1.165, 1.54) is 24.1 Å². The number of halogens is 5.